The quantitative estimate of drug-likeness (QED) is 0.587. The van der Waals surface area contributed by atoms with Crippen LogP contribution in [0.2, 0.25) is 0 Å². The molecule has 0 heterocycles. The zero-order chi connectivity index (χ0) is 13.8. The highest BCUT2D eigenvalue weighted by atomic mass is 32.2. The van der Waals surface area contributed by atoms with Gasteiger partial charge in [0.05, 0.1) is 18.2 Å². The van der Waals surface area contributed by atoms with Crippen LogP contribution in [-0.4, -0.2) is 19.6 Å². The molecule has 0 radical (unpaired) electrons. The normalized spacial score (nSPS) is 19.2. The monoisotopic (exact) mass is 282 g/mol. The molecule has 0 bridgehead atoms. The van der Waals surface area contributed by atoms with Crippen LogP contribution >= 0.6 is 0 Å². The highest BCUT2D eigenvalue weighted by Gasteiger charge is 2.49. The molecule has 0 unspecified atom stereocenters. The maximum Gasteiger partial charge on any atom is 0.536 e. The van der Waals surface area contributed by atoms with Crippen molar-refractivity contribution in [1.82, 2.24) is 0 Å². The lowest BCUT2D eigenvalue weighted by atomic mass is 9.96. The van der Waals surface area contributed by atoms with E-state index in [2.05, 4.69) is 9.44 Å². The van der Waals surface area contributed by atoms with Crippen LogP contribution in [-0.2, 0) is 14.4 Å². The van der Waals surface area contributed by atoms with E-state index in [1.54, 1.807) is 0 Å². The van der Waals surface area contributed by atoms with Gasteiger partial charge in [-0.2, -0.15) is 26.9 Å². The van der Waals surface area contributed by atoms with Crippen molar-refractivity contribution in [1.29, 1.82) is 5.26 Å². The fourth-order valence-electron chi connectivity index (χ4n) is 1.33. The summed E-state index contributed by atoms with van der Waals surface area (Å²) in [5, 5.41) is 11.4. The fourth-order valence-corrected chi connectivity index (χ4v) is 1.61. The molecule has 0 aromatic heterocycles. The molecular formula is C9H9F3N2O3S. The summed E-state index contributed by atoms with van der Waals surface area (Å²) in [4.78, 5) is 0. The van der Waals surface area contributed by atoms with Crippen LogP contribution in [0, 0.1) is 11.3 Å². The van der Waals surface area contributed by atoms with Gasteiger partial charge in [-0.1, -0.05) is 10.7 Å². The van der Waals surface area contributed by atoms with E-state index in [1.807, 2.05) is 6.07 Å². The van der Waals surface area contributed by atoms with Gasteiger partial charge >= 0.3 is 15.6 Å². The van der Waals surface area contributed by atoms with Crippen LogP contribution in [0.1, 0.15) is 25.7 Å². The lowest BCUT2D eigenvalue weighted by Gasteiger charge is -2.11. The minimum Gasteiger partial charge on any atom is -0.262 e. The molecule has 0 N–H and O–H groups in total. The summed E-state index contributed by atoms with van der Waals surface area (Å²) >= 11 is 0. The zero-order valence-electron chi connectivity index (χ0n) is 9.07. The summed E-state index contributed by atoms with van der Waals surface area (Å²) in [6.45, 7) is 0. The average molecular weight is 282 g/mol. The smallest absolute Gasteiger partial charge is 0.262 e. The largest absolute Gasteiger partial charge is 0.536 e. The van der Waals surface area contributed by atoms with E-state index in [9.17, 15) is 21.6 Å². The highest BCUT2D eigenvalue weighted by molar-refractivity contribution is 7.87. The summed E-state index contributed by atoms with van der Waals surface area (Å²) in [6, 6.07) is 1.89. The summed E-state index contributed by atoms with van der Waals surface area (Å²) in [5.74, 6) is 0. The van der Waals surface area contributed by atoms with E-state index >= 15 is 0 Å². The van der Waals surface area contributed by atoms with E-state index in [-0.39, 0.29) is 12.1 Å². The molecule has 9 heteroatoms. The van der Waals surface area contributed by atoms with Gasteiger partial charge in [0.15, 0.2) is 0 Å². The molecule has 0 saturated heterocycles. The first kappa shape index (κ1) is 14.5. The highest BCUT2D eigenvalue weighted by Crippen LogP contribution is 2.25. The lowest BCUT2D eigenvalue weighted by molar-refractivity contribution is -0.0540. The predicted molar refractivity (Wildman–Crippen MR) is 55.7 cm³/mol. The van der Waals surface area contributed by atoms with Crippen molar-refractivity contribution in [2.45, 2.75) is 31.2 Å². The van der Waals surface area contributed by atoms with Gasteiger partial charge in [-0.05, 0) is 25.3 Å². The number of nitriles is 1. The van der Waals surface area contributed by atoms with Crippen molar-refractivity contribution < 1.29 is 25.9 Å². The van der Waals surface area contributed by atoms with E-state index in [4.69, 9.17) is 5.26 Å². The standard InChI is InChI=1S/C9H9F3N2O3S/c10-9(11,12)18(15,16)17-14-8-3-1-2-7(6-8)4-5-13/h6H,1-4H2/b14-8+. The predicted octanol–water partition coefficient (Wildman–Crippen LogP) is 2.23. The molecule has 100 valence electrons. The number of hydrogen-bond acceptors (Lipinski definition) is 5. The number of nitrogens with zero attached hydrogens (tertiary/aromatic N) is 2. The number of alkyl halides is 3. The van der Waals surface area contributed by atoms with Crippen LogP contribution in [0.4, 0.5) is 13.2 Å². The molecule has 0 saturated carbocycles. The van der Waals surface area contributed by atoms with Gasteiger partial charge in [-0.25, -0.2) is 0 Å². The van der Waals surface area contributed by atoms with Crippen molar-refractivity contribution in [3.63, 3.8) is 0 Å². The third-order valence-electron chi connectivity index (χ3n) is 2.14. The molecule has 0 atom stereocenters. The molecule has 0 spiro atoms. The fraction of sp³-hybridized carbons (Fsp3) is 0.556. The minimum absolute atomic E-state index is 0.0827. The molecule has 0 amide bonds. The van der Waals surface area contributed by atoms with Crippen molar-refractivity contribution >= 4 is 15.8 Å². The van der Waals surface area contributed by atoms with Gasteiger partial charge in [0.2, 0.25) is 0 Å². The number of hydrogen-bond donors (Lipinski definition) is 0. The van der Waals surface area contributed by atoms with E-state index < -0.39 is 15.6 Å². The summed E-state index contributed by atoms with van der Waals surface area (Å²) < 4.78 is 60.5. The molecule has 1 aliphatic carbocycles. The number of allylic oxidation sites excluding steroid dienone is 2. The van der Waals surface area contributed by atoms with Gasteiger partial charge < -0.3 is 0 Å². The first-order valence-corrected chi connectivity index (χ1v) is 6.30. The molecule has 0 aromatic rings. The van der Waals surface area contributed by atoms with Crippen LogP contribution < -0.4 is 0 Å². The number of halogens is 3. The molecule has 5 nitrogen and oxygen atoms in total. The third-order valence-corrected chi connectivity index (χ3v) is 2.98. The van der Waals surface area contributed by atoms with Crippen LogP contribution in [0.25, 0.3) is 0 Å². The van der Waals surface area contributed by atoms with Gasteiger partial charge in [-0.15, -0.1) is 0 Å². The Labute approximate surface area is 102 Å². The Morgan fingerprint density at radius 2 is 2.11 bits per heavy atom. The van der Waals surface area contributed by atoms with Crippen molar-refractivity contribution in [3.8, 4) is 6.07 Å². The minimum atomic E-state index is -5.71. The van der Waals surface area contributed by atoms with Crippen molar-refractivity contribution in [3.05, 3.63) is 11.6 Å². The Morgan fingerprint density at radius 3 is 2.67 bits per heavy atom. The zero-order valence-corrected chi connectivity index (χ0v) is 9.88. The molecule has 0 aliphatic heterocycles. The molecule has 0 aromatic carbocycles. The van der Waals surface area contributed by atoms with Crippen LogP contribution in [0.15, 0.2) is 16.8 Å². The lowest BCUT2D eigenvalue weighted by Crippen LogP contribution is -2.24. The number of oxime groups is 1. The van der Waals surface area contributed by atoms with Gasteiger partial charge in [0.1, 0.15) is 0 Å². The van der Waals surface area contributed by atoms with Crippen LogP contribution in [0.3, 0.4) is 0 Å². The van der Waals surface area contributed by atoms with Crippen molar-refractivity contribution in [2.75, 3.05) is 0 Å². The maximum absolute atomic E-state index is 11.9. The first-order chi connectivity index (χ1) is 8.26. The molecular weight excluding hydrogens is 273 g/mol. The topological polar surface area (TPSA) is 79.5 Å². The van der Waals surface area contributed by atoms with E-state index in [0.29, 0.717) is 24.8 Å². The molecule has 1 aliphatic rings. The Bertz CT molecular complexity index is 514. The summed E-state index contributed by atoms with van der Waals surface area (Å²) in [5.41, 5.74) is -4.72. The van der Waals surface area contributed by atoms with E-state index in [1.165, 1.54) is 6.08 Å². The SMILES string of the molecule is N#CCC1=C/C(=N/OS(=O)(=O)C(F)(F)F)CCC1. The first-order valence-electron chi connectivity index (χ1n) is 4.89. The number of rotatable bonds is 3. The Morgan fingerprint density at radius 1 is 1.44 bits per heavy atom. The van der Waals surface area contributed by atoms with E-state index in [0.717, 1.165) is 0 Å². The Kier molecular flexibility index (Phi) is 4.34. The van der Waals surface area contributed by atoms with Gasteiger partial charge in [0, 0.05) is 0 Å². The summed E-state index contributed by atoms with van der Waals surface area (Å²) in [7, 11) is -5.71. The third kappa shape index (κ3) is 3.73. The second-order valence-electron chi connectivity index (χ2n) is 3.55. The van der Waals surface area contributed by atoms with Crippen LogP contribution in [0.5, 0.6) is 0 Å². The second-order valence-corrected chi connectivity index (χ2v) is 5.07. The molecule has 18 heavy (non-hydrogen) atoms. The Balaban J connectivity index is 2.81. The Hall–Kier alpha value is -1.56. The van der Waals surface area contributed by atoms with Gasteiger partial charge in [0.25, 0.3) is 0 Å². The molecule has 1 rings (SSSR count). The summed E-state index contributed by atoms with van der Waals surface area (Å²) in [6.07, 6.45) is 3.05. The second kappa shape index (κ2) is 5.39. The average Bonchev–Trinajstić information content (AvgIpc) is 2.26. The maximum atomic E-state index is 11.9. The van der Waals surface area contributed by atoms with Gasteiger partial charge in [-0.3, -0.25) is 4.28 Å². The molecule has 0 fully saturated rings. The van der Waals surface area contributed by atoms with Crippen molar-refractivity contribution in [2.24, 2.45) is 5.16 Å².